The maximum absolute atomic E-state index is 11.6. The first-order chi connectivity index (χ1) is 8.13. The van der Waals surface area contributed by atoms with Crippen LogP contribution >= 0.6 is 0 Å². The summed E-state index contributed by atoms with van der Waals surface area (Å²) in [6, 6.07) is 5.94. The predicted octanol–water partition coefficient (Wildman–Crippen LogP) is 0.648. The van der Waals surface area contributed by atoms with Crippen LogP contribution in [0.25, 0.3) is 0 Å². The first-order valence-electron chi connectivity index (χ1n) is 5.47. The summed E-state index contributed by atoms with van der Waals surface area (Å²) in [4.78, 5) is 22.7. The Bertz CT molecular complexity index is 387. The molecule has 0 unspecified atom stereocenters. The molecule has 0 heterocycles. The highest BCUT2D eigenvalue weighted by molar-refractivity contribution is 5.94. The van der Waals surface area contributed by atoms with Crippen molar-refractivity contribution in [1.82, 2.24) is 10.6 Å². The molecule has 3 N–H and O–H groups in total. The Labute approximate surface area is 99.8 Å². The molecule has 5 heteroatoms. The lowest BCUT2D eigenvalue weighted by Crippen LogP contribution is -2.30. The minimum Gasteiger partial charge on any atom is -0.508 e. The number of hydrogen-bond donors (Lipinski definition) is 3. The summed E-state index contributed by atoms with van der Waals surface area (Å²) in [5.74, 6) is -0.225. The second-order valence-corrected chi connectivity index (χ2v) is 3.51. The lowest BCUT2D eigenvalue weighted by molar-refractivity contribution is -0.120. The first kappa shape index (κ1) is 13.0. The molecule has 0 aliphatic rings. The third-order valence-electron chi connectivity index (χ3n) is 2.14. The molecule has 92 valence electrons. The van der Waals surface area contributed by atoms with Gasteiger partial charge in [0.25, 0.3) is 5.91 Å². The third kappa shape index (κ3) is 4.55. The van der Waals surface area contributed by atoms with E-state index in [0.29, 0.717) is 18.7 Å². The van der Waals surface area contributed by atoms with Gasteiger partial charge in [0, 0.05) is 25.1 Å². The summed E-state index contributed by atoms with van der Waals surface area (Å²) in [5.41, 5.74) is 0.457. The van der Waals surface area contributed by atoms with Gasteiger partial charge in [-0.05, 0) is 31.2 Å². The monoisotopic (exact) mass is 236 g/mol. The van der Waals surface area contributed by atoms with Crippen molar-refractivity contribution < 1.29 is 14.7 Å². The molecule has 0 aliphatic heterocycles. The molecule has 17 heavy (non-hydrogen) atoms. The molecule has 1 aromatic rings. The third-order valence-corrected chi connectivity index (χ3v) is 2.14. The molecule has 0 aromatic heterocycles. The van der Waals surface area contributed by atoms with Gasteiger partial charge >= 0.3 is 0 Å². The fourth-order valence-electron chi connectivity index (χ4n) is 1.29. The number of carbonyl (C=O) groups excluding carboxylic acids is 2. The molecule has 0 bridgehead atoms. The van der Waals surface area contributed by atoms with Crippen LogP contribution in [0.2, 0.25) is 0 Å². The van der Waals surface area contributed by atoms with Gasteiger partial charge in [0.1, 0.15) is 5.75 Å². The molecule has 0 radical (unpaired) electrons. The topological polar surface area (TPSA) is 78.4 Å². The van der Waals surface area contributed by atoms with Gasteiger partial charge < -0.3 is 15.7 Å². The van der Waals surface area contributed by atoms with Crippen LogP contribution in [0, 0.1) is 0 Å². The van der Waals surface area contributed by atoms with Gasteiger partial charge in [-0.2, -0.15) is 0 Å². The summed E-state index contributed by atoms with van der Waals surface area (Å²) in [5, 5.41) is 14.3. The highest BCUT2D eigenvalue weighted by Crippen LogP contribution is 2.09. The van der Waals surface area contributed by atoms with Crippen LogP contribution in [-0.4, -0.2) is 30.0 Å². The molecule has 0 saturated heterocycles. The van der Waals surface area contributed by atoms with Crippen LogP contribution in [-0.2, 0) is 4.79 Å². The second-order valence-electron chi connectivity index (χ2n) is 3.51. The highest BCUT2D eigenvalue weighted by Gasteiger charge is 2.05. The van der Waals surface area contributed by atoms with Crippen LogP contribution in [0.1, 0.15) is 23.7 Å². The minimum absolute atomic E-state index is 0.0847. The Morgan fingerprint density at radius 2 is 1.82 bits per heavy atom. The van der Waals surface area contributed by atoms with Gasteiger partial charge in [-0.15, -0.1) is 0 Å². The second kappa shape index (κ2) is 6.52. The number of rotatable bonds is 5. The van der Waals surface area contributed by atoms with Crippen molar-refractivity contribution in [3.8, 4) is 5.75 Å². The molecule has 0 aliphatic carbocycles. The predicted molar refractivity (Wildman–Crippen MR) is 63.7 cm³/mol. The van der Waals surface area contributed by atoms with Gasteiger partial charge in [0.2, 0.25) is 5.91 Å². The molecule has 0 atom stereocenters. The summed E-state index contributed by atoms with van der Waals surface area (Å²) in [6.45, 7) is 2.73. The average molecular weight is 236 g/mol. The average Bonchev–Trinajstić information content (AvgIpc) is 2.30. The number of carbonyl (C=O) groups is 2. The molecule has 5 nitrogen and oxygen atoms in total. The van der Waals surface area contributed by atoms with E-state index in [-0.39, 0.29) is 24.0 Å². The Kier molecular flexibility index (Phi) is 5.00. The maximum Gasteiger partial charge on any atom is 0.251 e. The van der Waals surface area contributed by atoms with Crippen molar-refractivity contribution in [1.29, 1.82) is 0 Å². The summed E-state index contributed by atoms with van der Waals surface area (Å²) < 4.78 is 0. The van der Waals surface area contributed by atoms with Crippen molar-refractivity contribution in [3.05, 3.63) is 29.8 Å². The minimum atomic E-state index is -0.255. The van der Waals surface area contributed by atoms with Crippen LogP contribution in [0.3, 0.4) is 0 Å². The van der Waals surface area contributed by atoms with E-state index >= 15 is 0 Å². The van der Waals surface area contributed by atoms with Crippen LogP contribution in [0.15, 0.2) is 24.3 Å². The molecule has 1 rings (SSSR count). The lowest BCUT2D eigenvalue weighted by atomic mass is 10.2. The van der Waals surface area contributed by atoms with Crippen LogP contribution < -0.4 is 10.6 Å². The zero-order chi connectivity index (χ0) is 12.7. The van der Waals surface area contributed by atoms with Crippen molar-refractivity contribution in [3.63, 3.8) is 0 Å². The summed E-state index contributed by atoms with van der Waals surface area (Å²) in [7, 11) is 0. The van der Waals surface area contributed by atoms with E-state index in [9.17, 15) is 9.59 Å². The Morgan fingerprint density at radius 3 is 2.41 bits per heavy atom. The maximum atomic E-state index is 11.6. The van der Waals surface area contributed by atoms with Gasteiger partial charge in [-0.25, -0.2) is 0 Å². The Balaban J connectivity index is 2.35. The molecule has 0 spiro atoms. The van der Waals surface area contributed by atoms with E-state index in [1.165, 1.54) is 24.3 Å². The summed E-state index contributed by atoms with van der Waals surface area (Å²) >= 11 is 0. The zero-order valence-electron chi connectivity index (χ0n) is 9.69. The number of nitrogens with one attached hydrogen (secondary N) is 2. The quantitative estimate of drug-likeness (QED) is 0.702. The van der Waals surface area contributed by atoms with E-state index in [2.05, 4.69) is 10.6 Å². The SMILES string of the molecule is CCNC(=O)CCNC(=O)c1ccc(O)cc1. The zero-order valence-corrected chi connectivity index (χ0v) is 9.69. The molecule has 1 aromatic carbocycles. The van der Waals surface area contributed by atoms with Gasteiger partial charge in [0.05, 0.1) is 0 Å². The molecular formula is C12H16N2O3. The van der Waals surface area contributed by atoms with E-state index in [1.54, 1.807) is 0 Å². The number of aromatic hydroxyl groups is 1. The van der Waals surface area contributed by atoms with Crippen molar-refractivity contribution in [2.75, 3.05) is 13.1 Å². The molecule has 0 saturated carbocycles. The number of benzene rings is 1. The van der Waals surface area contributed by atoms with Crippen molar-refractivity contribution in [2.45, 2.75) is 13.3 Å². The van der Waals surface area contributed by atoms with E-state index < -0.39 is 0 Å². The Hall–Kier alpha value is -2.04. The number of amides is 2. The molecule has 0 fully saturated rings. The van der Waals surface area contributed by atoms with Gasteiger partial charge in [-0.1, -0.05) is 0 Å². The van der Waals surface area contributed by atoms with E-state index in [4.69, 9.17) is 5.11 Å². The number of hydrogen-bond acceptors (Lipinski definition) is 3. The van der Waals surface area contributed by atoms with Crippen LogP contribution in [0.5, 0.6) is 5.75 Å². The van der Waals surface area contributed by atoms with Gasteiger partial charge in [0.15, 0.2) is 0 Å². The fourth-order valence-corrected chi connectivity index (χ4v) is 1.29. The van der Waals surface area contributed by atoms with E-state index in [1.807, 2.05) is 6.92 Å². The van der Waals surface area contributed by atoms with Crippen LogP contribution in [0.4, 0.5) is 0 Å². The molecular weight excluding hydrogens is 220 g/mol. The highest BCUT2D eigenvalue weighted by atomic mass is 16.3. The lowest BCUT2D eigenvalue weighted by Gasteiger charge is -2.05. The first-order valence-corrected chi connectivity index (χ1v) is 5.47. The standard InChI is InChI=1S/C12H16N2O3/c1-2-13-11(16)7-8-14-12(17)9-3-5-10(15)6-4-9/h3-6,15H,2,7-8H2,1H3,(H,13,16)(H,14,17). The number of phenols is 1. The van der Waals surface area contributed by atoms with Crippen molar-refractivity contribution in [2.24, 2.45) is 0 Å². The Morgan fingerprint density at radius 1 is 1.18 bits per heavy atom. The van der Waals surface area contributed by atoms with E-state index in [0.717, 1.165) is 0 Å². The number of phenolic OH excluding ortho intramolecular Hbond substituents is 1. The molecule has 2 amide bonds. The van der Waals surface area contributed by atoms with Crippen molar-refractivity contribution >= 4 is 11.8 Å². The normalized spacial score (nSPS) is 9.71. The largest absolute Gasteiger partial charge is 0.508 e. The van der Waals surface area contributed by atoms with Gasteiger partial charge in [-0.3, -0.25) is 9.59 Å². The smallest absolute Gasteiger partial charge is 0.251 e. The fraction of sp³-hybridized carbons (Fsp3) is 0.333. The summed E-state index contributed by atoms with van der Waals surface area (Å²) in [6.07, 6.45) is 0.262.